The average molecular weight is 179 g/mol. The Morgan fingerprint density at radius 3 is 2.82 bits per heavy atom. The summed E-state index contributed by atoms with van der Waals surface area (Å²) in [6.45, 7) is 0. The van der Waals surface area contributed by atoms with Crippen LogP contribution in [0, 0.1) is 0 Å². The number of ether oxygens (including phenoxy) is 1. The van der Waals surface area contributed by atoms with Crippen molar-refractivity contribution in [2.24, 2.45) is 0 Å². The van der Waals surface area contributed by atoms with E-state index in [9.17, 15) is 4.79 Å². The Hall–Kier alpha value is -0.220. The third-order valence-electron chi connectivity index (χ3n) is 1.44. The Labute approximate surface area is 73.4 Å². The first kappa shape index (κ1) is 10.8. The molecule has 4 heteroatoms. The zero-order chi connectivity index (χ0) is 8.69. The number of carbonyl (C=O) groups is 1. The summed E-state index contributed by atoms with van der Waals surface area (Å²) >= 11 is 1.73. The van der Waals surface area contributed by atoms with E-state index in [1.807, 2.05) is 6.26 Å². The van der Waals surface area contributed by atoms with Crippen LogP contribution in [-0.4, -0.2) is 38.2 Å². The molecule has 0 bridgehead atoms. The van der Waals surface area contributed by atoms with E-state index in [1.165, 1.54) is 7.11 Å². The summed E-state index contributed by atoms with van der Waals surface area (Å²) in [7, 11) is 3.17. The Kier molecular flexibility index (Phi) is 6.36. The van der Waals surface area contributed by atoms with Gasteiger partial charge in [0.15, 0.2) is 0 Å². The Morgan fingerprint density at radius 1 is 1.82 bits per heavy atom. The molecule has 0 heterocycles. The zero-order valence-corrected chi connectivity index (χ0v) is 8.03. The van der Waals surface area contributed by atoms with Gasteiger partial charge in [0.25, 0.3) is 0 Å². The van der Waals surface area contributed by atoms with E-state index in [0.717, 1.165) is 12.2 Å². The molecule has 0 aromatic carbocycles. The van der Waals surface area contributed by atoms with Gasteiger partial charge >= 0.3 is 5.97 Å². The lowest BCUT2D eigenvalue weighted by Crippen LogP contribution is -2.35. The van der Waals surface area contributed by atoms with Gasteiger partial charge in [-0.1, -0.05) is 0 Å². The Bertz CT molecular complexity index is 124. The first-order chi connectivity index (χ1) is 5.26. The van der Waals surface area contributed by atoms with E-state index in [-0.39, 0.29) is 13.4 Å². The van der Waals surface area contributed by atoms with E-state index < -0.39 is 0 Å². The van der Waals surface area contributed by atoms with Crippen molar-refractivity contribution in [2.45, 2.75) is 12.5 Å². The van der Waals surface area contributed by atoms with Crippen molar-refractivity contribution in [3.63, 3.8) is 0 Å². The van der Waals surface area contributed by atoms with Crippen LogP contribution >= 0.6 is 11.8 Å². The third kappa shape index (κ3) is 4.27. The van der Waals surface area contributed by atoms with E-state index >= 15 is 0 Å². The van der Waals surface area contributed by atoms with Gasteiger partial charge in [0.1, 0.15) is 6.04 Å². The van der Waals surface area contributed by atoms with Gasteiger partial charge in [-0.2, -0.15) is 11.8 Å². The number of thioether (sulfide) groups is 1. The monoisotopic (exact) mass is 179 g/mol. The van der Waals surface area contributed by atoms with Gasteiger partial charge < -0.3 is 10.1 Å². The van der Waals surface area contributed by atoms with Crippen LogP contribution in [-0.2, 0) is 9.53 Å². The standard InChI is InChI=1S/C7H15NO2S.H2/c1-8-6(4-5-11-3)7(9)10-2;/h6,8H,4-5H2,1-3H3;1H/t6-;/m1./s1. The molecule has 1 N–H and O–H groups in total. The first-order valence-corrected chi connectivity index (χ1v) is 4.89. The summed E-state index contributed by atoms with van der Waals surface area (Å²) in [5, 5.41) is 2.90. The molecule has 0 aliphatic carbocycles. The lowest BCUT2D eigenvalue weighted by atomic mass is 10.2. The minimum absolute atomic E-state index is 0. The van der Waals surface area contributed by atoms with Crippen molar-refractivity contribution in [3.05, 3.63) is 0 Å². The highest BCUT2D eigenvalue weighted by atomic mass is 32.2. The van der Waals surface area contributed by atoms with Gasteiger partial charge in [-0.15, -0.1) is 0 Å². The van der Waals surface area contributed by atoms with E-state index in [0.29, 0.717) is 0 Å². The predicted octanol–water partition coefficient (Wildman–Crippen LogP) is 0.746. The maximum absolute atomic E-state index is 11.0. The molecule has 3 nitrogen and oxygen atoms in total. The number of likely N-dealkylation sites (N-methyl/N-ethyl adjacent to an activating group) is 1. The smallest absolute Gasteiger partial charge is 0.322 e. The minimum atomic E-state index is -0.179. The molecule has 0 amide bonds. The first-order valence-electron chi connectivity index (χ1n) is 3.50. The third-order valence-corrected chi connectivity index (χ3v) is 2.09. The molecule has 0 spiro atoms. The summed E-state index contributed by atoms with van der Waals surface area (Å²) in [4.78, 5) is 11.0. The molecule has 0 fully saturated rings. The highest BCUT2D eigenvalue weighted by molar-refractivity contribution is 7.98. The largest absolute Gasteiger partial charge is 0.468 e. The Balaban J connectivity index is 0. The van der Waals surface area contributed by atoms with Crippen LogP contribution in [0.2, 0.25) is 0 Å². The lowest BCUT2D eigenvalue weighted by molar-refractivity contribution is -0.143. The molecular weight excluding hydrogens is 162 g/mol. The fourth-order valence-corrected chi connectivity index (χ4v) is 1.23. The molecule has 0 saturated carbocycles. The van der Waals surface area contributed by atoms with Gasteiger partial charge in [0.2, 0.25) is 0 Å². The Morgan fingerprint density at radius 2 is 2.45 bits per heavy atom. The molecule has 0 aliphatic rings. The topological polar surface area (TPSA) is 38.3 Å². The van der Waals surface area contributed by atoms with Crippen LogP contribution in [0.15, 0.2) is 0 Å². The molecule has 0 aliphatic heterocycles. The number of esters is 1. The van der Waals surface area contributed by atoms with Gasteiger partial charge in [0.05, 0.1) is 7.11 Å². The normalized spacial score (nSPS) is 12.6. The molecule has 0 rings (SSSR count). The van der Waals surface area contributed by atoms with Gasteiger partial charge in [-0.3, -0.25) is 4.79 Å². The quantitative estimate of drug-likeness (QED) is 0.632. The lowest BCUT2D eigenvalue weighted by Gasteiger charge is -2.11. The number of methoxy groups -OCH3 is 1. The van der Waals surface area contributed by atoms with E-state index in [4.69, 9.17) is 0 Å². The highest BCUT2D eigenvalue weighted by Crippen LogP contribution is 2.01. The highest BCUT2D eigenvalue weighted by Gasteiger charge is 2.15. The number of hydrogen-bond acceptors (Lipinski definition) is 4. The summed E-state index contributed by atoms with van der Waals surface area (Å²) in [6.07, 6.45) is 2.84. The molecule has 1 atom stereocenters. The summed E-state index contributed by atoms with van der Waals surface area (Å²) < 4.78 is 4.59. The van der Waals surface area contributed by atoms with E-state index in [2.05, 4.69) is 10.1 Å². The van der Waals surface area contributed by atoms with Crippen molar-refractivity contribution in [2.75, 3.05) is 26.2 Å². The van der Waals surface area contributed by atoms with Gasteiger partial charge in [-0.25, -0.2) is 0 Å². The molecular formula is C7H17NO2S. The molecule has 0 aromatic rings. The van der Waals surface area contributed by atoms with Crippen LogP contribution in [0.1, 0.15) is 7.85 Å². The minimum Gasteiger partial charge on any atom is -0.468 e. The van der Waals surface area contributed by atoms with Crippen LogP contribution in [0.25, 0.3) is 0 Å². The number of carbonyl (C=O) groups excluding carboxylic acids is 1. The van der Waals surface area contributed by atoms with Crippen molar-refractivity contribution >= 4 is 17.7 Å². The van der Waals surface area contributed by atoms with Crippen LogP contribution in [0.4, 0.5) is 0 Å². The summed E-state index contributed by atoms with van der Waals surface area (Å²) in [5.41, 5.74) is 0. The van der Waals surface area contributed by atoms with Crippen molar-refractivity contribution in [1.82, 2.24) is 5.32 Å². The van der Waals surface area contributed by atoms with Crippen molar-refractivity contribution < 1.29 is 11.0 Å². The molecule has 11 heavy (non-hydrogen) atoms. The van der Waals surface area contributed by atoms with Crippen LogP contribution in [0.3, 0.4) is 0 Å². The fraction of sp³-hybridized carbons (Fsp3) is 0.857. The van der Waals surface area contributed by atoms with Gasteiger partial charge in [-0.05, 0) is 25.5 Å². The predicted molar refractivity (Wildman–Crippen MR) is 50.0 cm³/mol. The second-order valence-corrected chi connectivity index (χ2v) is 3.13. The number of nitrogens with one attached hydrogen (secondary N) is 1. The molecule has 0 aromatic heterocycles. The van der Waals surface area contributed by atoms with Crippen molar-refractivity contribution in [3.8, 4) is 0 Å². The maximum Gasteiger partial charge on any atom is 0.322 e. The van der Waals surface area contributed by atoms with Crippen LogP contribution < -0.4 is 5.32 Å². The fourth-order valence-electron chi connectivity index (χ4n) is 0.758. The molecule has 0 unspecified atom stereocenters. The zero-order valence-electron chi connectivity index (χ0n) is 7.22. The maximum atomic E-state index is 11.0. The number of rotatable bonds is 5. The molecule has 0 radical (unpaired) electrons. The summed E-state index contributed by atoms with van der Waals surface area (Å²) in [5.74, 6) is 0.794. The number of hydrogen-bond donors (Lipinski definition) is 1. The molecule has 0 saturated heterocycles. The second kappa shape index (κ2) is 6.49. The van der Waals surface area contributed by atoms with Crippen LogP contribution in [0.5, 0.6) is 0 Å². The summed E-state index contributed by atoms with van der Waals surface area (Å²) in [6, 6.07) is -0.146. The van der Waals surface area contributed by atoms with Crippen molar-refractivity contribution in [1.29, 1.82) is 0 Å². The molecule has 68 valence electrons. The second-order valence-electron chi connectivity index (χ2n) is 2.15. The SMILES string of the molecule is CN[C@H](CCSC)C(=O)OC.[HH]. The van der Waals surface area contributed by atoms with E-state index in [1.54, 1.807) is 18.8 Å². The average Bonchev–Trinajstić information content (AvgIpc) is 2.05. The van der Waals surface area contributed by atoms with Gasteiger partial charge in [0, 0.05) is 1.43 Å².